The van der Waals surface area contributed by atoms with Crippen LogP contribution in [0.1, 0.15) is 41.0 Å². The molecule has 1 heterocycles. The van der Waals surface area contributed by atoms with Gasteiger partial charge in [-0.05, 0) is 33.1 Å². The van der Waals surface area contributed by atoms with Crippen LogP contribution < -0.4 is 5.32 Å². The van der Waals surface area contributed by atoms with Crippen LogP contribution in [0, 0.1) is 11.3 Å². The summed E-state index contributed by atoms with van der Waals surface area (Å²) in [5.74, 6) is -0.824. The summed E-state index contributed by atoms with van der Waals surface area (Å²) in [6.45, 7) is 11.3. The van der Waals surface area contributed by atoms with Gasteiger partial charge in [0.15, 0.2) is 0 Å². The maximum absolute atomic E-state index is 12.2. The van der Waals surface area contributed by atoms with Gasteiger partial charge in [-0.25, -0.2) is 4.79 Å². The van der Waals surface area contributed by atoms with Crippen molar-refractivity contribution in [2.24, 2.45) is 11.3 Å². The lowest BCUT2D eigenvalue weighted by Gasteiger charge is -2.29. The highest BCUT2D eigenvalue weighted by atomic mass is 16.5. The fraction of sp³-hybridized carbons (Fsp3) is 0.867. The number of nitrogens with one attached hydrogen (secondary N) is 1. The molecule has 1 unspecified atom stereocenters. The minimum absolute atomic E-state index is 0.00679. The van der Waals surface area contributed by atoms with E-state index in [1.165, 1.54) is 0 Å². The molecule has 6 heteroatoms. The van der Waals surface area contributed by atoms with Gasteiger partial charge in [-0.3, -0.25) is 4.79 Å². The standard InChI is InChI=1S/C15H28N2O4/c1-6-21-14(4,5)9-16-13(20)17-8-7-15(10-17,11(2)3)12(18)19/h11H,6-10H2,1-5H3,(H,16,20)(H,18,19). The summed E-state index contributed by atoms with van der Waals surface area (Å²) in [7, 11) is 0. The molecule has 6 nitrogen and oxygen atoms in total. The number of aliphatic carboxylic acids is 1. The third kappa shape index (κ3) is 4.09. The lowest BCUT2D eigenvalue weighted by atomic mass is 9.76. The second kappa shape index (κ2) is 6.64. The number of carboxylic acids is 1. The van der Waals surface area contributed by atoms with Crippen LogP contribution in [0.15, 0.2) is 0 Å². The van der Waals surface area contributed by atoms with Gasteiger partial charge in [-0.1, -0.05) is 13.8 Å². The van der Waals surface area contributed by atoms with Crippen molar-refractivity contribution >= 4 is 12.0 Å². The molecule has 2 amide bonds. The third-order valence-corrected chi connectivity index (χ3v) is 4.32. The Morgan fingerprint density at radius 2 is 2.05 bits per heavy atom. The number of carboxylic acid groups (broad SMARTS) is 1. The monoisotopic (exact) mass is 300 g/mol. The van der Waals surface area contributed by atoms with Crippen molar-refractivity contribution in [3.8, 4) is 0 Å². The quantitative estimate of drug-likeness (QED) is 0.786. The van der Waals surface area contributed by atoms with Gasteiger partial charge in [0.25, 0.3) is 0 Å². The minimum Gasteiger partial charge on any atom is -0.481 e. The van der Waals surface area contributed by atoms with E-state index in [9.17, 15) is 14.7 Å². The number of urea groups is 1. The smallest absolute Gasteiger partial charge is 0.317 e. The van der Waals surface area contributed by atoms with E-state index in [-0.39, 0.29) is 18.5 Å². The topological polar surface area (TPSA) is 78.9 Å². The molecule has 0 spiro atoms. The molecule has 1 saturated heterocycles. The Hall–Kier alpha value is -1.30. The highest BCUT2D eigenvalue weighted by molar-refractivity contribution is 5.80. The fourth-order valence-electron chi connectivity index (χ4n) is 2.74. The Bertz CT molecular complexity index is 395. The number of ether oxygens (including phenoxy) is 1. The maximum Gasteiger partial charge on any atom is 0.317 e. The van der Waals surface area contributed by atoms with E-state index in [1.807, 2.05) is 34.6 Å². The Labute approximate surface area is 126 Å². The molecule has 0 aromatic rings. The second-order valence-corrected chi connectivity index (χ2v) is 6.64. The molecule has 2 N–H and O–H groups in total. The van der Waals surface area contributed by atoms with Crippen molar-refractivity contribution in [1.29, 1.82) is 0 Å². The molecule has 1 aliphatic heterocycles. The molecule has 1 fully saturated rings. The van der Waals surface area contributed by atoms with Gasteiger partial charge in [0.05, 0.1) is 11.0 Å². The minimum atomic E-state index is -0.827. The number of rotatable bonds is 6. The molecule has 0 aliphatic carbocycles. The molecule has 0 saturated carbocycles. The van der Waals surface area contributed by atoms with E-state index >= 15 is 0 Å². The van der Waals surface area contributed by atoms with Crippen LogP contribution in [-0.2, 0) is 9.53 Å². The number of carbonyl (C=O) groups excluding carboxylic acids is 1. The summed E-state index contributed by atoms with van der Waals surface area (Å²) >= 11 is 0. The first kappa shape index (κ1) is 17.8. The van der Waals surface area contributed by atoms with Crippen LogP contribution in [0.2, 0.25) is 0 Å². The molecule has 122 valence electrons. The van der Waals surface area contributed by atoms with Crippen molar-refractivity contribution in [3.05, 3.63) is 0 Å². The summed E-state index contributed by atoms with van der Waals surface area (Å²) < 4.78 is 5.53. The van der Waals surface area contributed by atoms with Gasteiger partial charge in [0.2, 0.25) is 0 Å². The lowest BCUT2D eigenvalue weighted by Crippen LogP contribution is -2.47. The average molecular weight is 300 g/mol. The Kier molecular flexibility index (Phi) is 5.61. The molecular formula is C15H28N2O4. The largest absolute Gasteiger partial charge is 0.481 e. The molecule has 0 bridgehead atoms. The van der Waals surface area contributed by atoms with E-state index < -0.39 is 17.0 Å². The van der Waals surface area contributed by atoms with Crippen molar-refractivity contribution in [2.45, 2.75) is 46.6 Å². The lowest BCUT2D eigenvalue weighted by molar-refractivity contribution is -0.150. The number of amides is 2. The first-order valence-electron chi connectivity index (χ1n) is 7.55. The van der Waals surface area contributed by atoms with Gasteiger partial charge >= 0.3 is 12.0 Å². The van der Waals surface area contributed by atoms with Gasteiger partial charge in [0, 0.05) is 26.2 Å². The van der Waals surface area contributed by atoms with E-state index in [1.54, 1.807) is 4.90 Å². The molecule has 1 atom stereocenters. The highest BCUT2D eigenvalue weighted by Gasteiger charge is 2.48. The first-order valence-corrected chi connectivity index (χ1v) is 7.55. The number of carbonyl (C=O) groups is 2. The zero-order chi connectivity index (χ0) is 16.3. The maximum atomic E-state index is 12.2. The van der Waals surface area contributed by atoms with Crippen molar-refractivity contribution < 1.29 is 19.4 Å². The molecule has 1 aliphatic rings. The number of nitrogens with zero attached hydrogens (tertiary/aromatic N) is 1. The summed E-state index contributed by atoms with van der Waals surface area (Å²) in [5, 5.41) is 12.3. The van der Waals surface area contributed by atoms with E-state index in [4.69, 9.17) is 4.74 Å². The van der Waals surface area contributed by atoms with Crippen molar-refractivity contribution in [3.63, 3.8) is 0 Å². The molecule has 0 aromatic carbocycles. The van der Waals surface area contributed by atoms with Crippen LogP contribution in [0.3, 0.4) is 0 Å². The fourth-order valence-corrected chi connectivity index (χ4v) is 2.74. The van der Waals surface area contributed by atoms with Gasteiger partial charge in [-0.2, -0.15) is 0 Å². The van der Waals surface area contributed by atoms with Gasteiger partial charge < -0.3 is 20.1 Å². The SMILES string of the molecule is CCOC(C)(C)CNC(=O)N1CCC(C(=O)O)(C(C)C)C1. The zero-order valence-electron chi connectivity index (χ0n) is 13.7. The molecule has 1 rings (SSSR count). The van der Waals surface area contributed by atoms with E-state index in [2.05, 4.69) is 5.32 Å². The summed E-state index contributed by atoms with van der Waals surface area (Å²) in [6, 6.07) is -0.216. The highest BCUT2D eigenvalue weighted by Crippen LogP contribution is 2.38. The van der Waals surface area contributed by atoms with Crippen LogP contribution in [0.5, 0.6) is 0 Å². The first-order chi connectivity index (χ1) is 9.64. The number of likely N-dealkylation sites (tertiary alicyclic amines) is 1. The van der Waals surface area contributed by atoms with Gasteiger partial charge in [0.1, 0.15) is 0 Å². The Balaban J connectivity index is 2.60. The average Bonchev–Trinajstić information content (AvgIpc) is 2.82. The Morgan fingerprint density at radius 1 is 1.43 bits per heavy atom. The second-order valence-electron chi connectivity index (χ2n) is 6.64. The summed E-state index contributed by atoms with van der Waals surface area (Å²) in [6.07, 6.45) is 0.502. The van der Waals surface area contributed by atoms with Crippen molar-refractivity contribution in [2.75, 3.05) is 26.2 Å². The predicted molar refractivity (Wildman–Crippen MR) is 80.2 cm³/mol. The normalized spacial score (nSPS) is 22.7. The third-order valence-electron chi connectivity index (χ3n) is 4.32. The molecule has 21 heavy (non-hydrogen) atoms. The molecule has 0 radical (unpaired) electrons. The van der Waals surface area contributed by atoms with Crippen LogP contribution in [-0.4, -0.2) is 53.8 Å². The van der Waals surface area contributed by atoms with Gasteiger partial charge in [-0.15, -0.1) is 0 Å². The van der Waals surface area contributed by atoms with E-state index in [0.29, 0.717) is 26.1 Å². The summed E-state index contributed by atoms with van der Waals surface area (Å²) in [4.78, 5) is 25.3. The number of hydrogen-bond acceptors (Lipinski definition) is 3. The van der Waals surface area contributed by atoms with Crippen LogP contribution >= 0.6 is 0 Å². The summed E-state index contributed by atoms with van der Waals surface area (Å²) in [5.41, 5.74) is -1.25. The molecular weight excluding hydrogens is 272 g/mol. The van der Waals surface area contributed by atoms with E-state index in [0.717, 1.165) is 0 Å². The predicted octanol–water partition coefficient (Wildman–Crippen LogP) is 1.94. The van der Waals surface area contributed by atoms with Crippen LogP contribution in [0.25, 0.3) is 0 Å². The Morgan fingerprint density at radius 3 is 2.48 bits per heavy atom. The zero-order valence-corrected chi connectivity index (χ0v) is 13.7. The number of hydrogen-bond donors (Lipinski definition) is 2. The molecule has 0 aromatic heterocycles. The van der Waals surface area contributed by atoms with Crippen molar-refractivity contribution in [1.82, 2.24) is 10.2 Å². The van der Waals surface area contributed by atoms with Crippen LogP contribution in [0.4, 0.5) is 4.79 Å².